The highest BCUT2D eigenvalue weighted by atomic mass is 35.6. The predicted octanol–water partition coefficient (Wildman–Crippen LogP) is 5.43. The minimum atomic E-state index is -1.87. The second-order valence-electron chi connectivity index (χ2n) is 6.43. The summed E-state index contributed by atoms with van der Waals surface area (Å²) in [4.78, 5) is 13.8. The first-order chi connectivity index (χ1) is 12.0. The SMILES string of the molecule is O=C(N1CCC(C(c2ccccc2)c2ccccc2)CC1)C(Cl)(Cl)Cl. The molecule has 0 spiro atoms. The Kier molecular flexibility index (Phi) is 5.93. The van der Waals surface area contributed by atoms with Crippen molar-refractivity contribution in [1.29, 1.82) is 0 Å². The van der Waals surface area contributed by atoms with Crippen LogP contribution in [0.3, 0.4) is 0 Å². The summed E-state index contributed by atoms with van der Waals surface area (Å²) in [6.07, 6.45) is 1.78. The van der Waals surface area contributed by atoms with E-state index in [9.17, 15) is 4.79 Å². The van der Waals surface area contributed by atoms with Gasteiger partial charge in [0.1, 0.15) is 0 Å². The maximum atomic E-state index is 12.2. The number of piperidine rings is 1. The van der Waals surface area contributed by atoms with Gasteiger partial charge in [-0.3, -0.25) is 4.79 Å². The highest BCUT2D eigenvalue weighted by molar-refractivity contribution is 6.76. The summed E-state index contributed by atoms with van der Waals surface area (Å²) in [5.74, 6) is 0.337. The van der Waals surface area contributed by atoms with Gasteiger partial charge in [-0.1, -0.05) is 95.5 Å². The largest absolute Gasteiger partial charge is 0.339 e. The Morgan fingerprint density at radius 1 is 0.880 bits per heavy atom. The number of nitrogens with zero attached hydrogens (tertiary/aromatic N) is 1. The van der Waals surface area contributed by atoms with Crippen LogP contribution in [0.2, 0.25) is 0 Å². The highest BCUT2D eigenvalue weighted by Crippen LogP contribution is 2.39. The third-order valence-corrected chi connectivity index (χ3v) is 5.34. The van der Waals surface area contributed by atoms with E-state index < -0.39 is 9.70 Å². The number of likely N-dealkylation sites (tertiary alicyclic amines) is 1. The molecule has 0 atom stereocenters. The van der Waals surface area contributed by atoms with Crippen molar-refractivity contribution in [3.8, 4) is 0 Å². The van der Waals surface area contributed by atoms with Crippen LogP contribution in [0.5, 0.6) is 0 Å². The maximum Gasteiger partial charge on any atom is 0.274 e. The number of carbonyl (C=O) groups is 1. The fourth-order valence-corrected chi connectivity index (χ4v) is 4.03. The van der Waals surface area contributed by atoms with Crippen LogP contribution in [-0.4, -0.2) is 27.7 Å². The third-order valence-electron chi connectivity index (χ3n) is 4.86. The van der Waals surface area contributed by atoms with Crippen molar-refractivity contribution in [3.63, 3.8) is 0 Å². The zero-order chi connectivity index (χ0) is 17.9. The predicted molar refractivity (Wildman–Crippen MR) is 104 cm³/mol. The number of rotatable bonds is 3. The third kappa shape index (κ3) is 4.49. The fourth-order valence-electron chi connectivity index (χ4n) is 3.67. The van der Waals surface area contributed by atoms with Crippen molar-refractivity contribution in [2.45, 2.75) is 22.6 Å². The molecule has 1 heterocycles. The molecule has 0 unspecified atom stereocenters. The monoisotopic (exact) mass is 395 g/mol. The van der Waals surface area contributed by atoms with E-state index in [0.717, 1.165) is 12.8 Å². The van der Waals surface area contributed by atoms with Gasteiger partial charge < -0.3 is 4.90 Å². The van der Waals surface area contributed by atoms with E-state index >= 15 is 0 Å². The van der Waals surface area contributed by atoms with Gasteiger partial charge in [0.25, 0.3) is 9.70 Å². The van der Waals surface area contributed by atoms with E-state index in [1.54, 1.807) is 4.90 Å². The Labute approximate surface area is 163 Å². The number of hydrogen-bond donors (Lipinski definition) is 0. The van der Waals surface area contributed by atoms with E-state index in [1.807, 2.05) is 12.1 Å². The van der Waals surface area contributed by atoms with Crippen LogP contribution in [0, 0.1) is 5.92 Å². The van der Waals surface area contributed by atoms with Gasteiger partial charge >= 0.3 is 0 Å². The van der Waals surface area contributed by atoms with E-state index in [1.165, 1.54) is 11.1 Å². The average Bonchev–Trinajstić information content (AvgIpc) is 2.63. The molecule has 132 valence electrons. The molecule has 1 saturated heterocycles. The number of benzene rings is 2. The van der Waals surface area contributed by atoms with Crippen molar-refractivity contribution in [2.75, 3.05) is 13.1 Å². The zero-order valence-electron chi connectivity index (χ0n) is 13.7. The Balaban J connectivity index is 1.79. The first kappa shape index (κ1) is 18.6. The van der Waals surface area contributed by atoms with Gasteiger partial charge in [-0.05, 0) is 29.9 Å². The van der Waals surface area contributed by atoms with Crippen molar-refractivity contribution < 1.29 is 4.79 Å². The molecule has 3 rings (SSSR count). The van der Waals surface area contributed by atoms with Crippen LogP contribution in [-0.2, 0) is 4.79 Å². The first-order valence-corrected chi connectivity index (χ1v) is 9.56. The van der Waals surface area contributed by atoms with Crippen LogP contribution in [0.1, 0.15) is 29.9 Å². The number of hydrogen-bond acceptors (Lipinski definition) is 1. The lowest BCUT2D eigenvalue weighted by Gasteiger charge is -2.37. The van der Waals surface area contributed by atoms with Gasteiger partial charge in [0.15, 0.2) is 0 Å². The van der Waals surface area contributed by atoms with Gasteiger partial charge in [0.2, 0.25) is 0 Å². The zero-order valence-corrected chi connectivity index (χ0v) is 16.0. The highest BCUT2D eigenvalue weighted by Gasteiger charge is 2.38. The molecule has 1 fully saturated rings. The van der Waals surface area contributed by atoms with Crippen molar-refractivity contribution in [3.05, 3.63) is 71.8 Å². The summed E-state index contributed by atoms with van der Waals surface area (Å²) in [6, 6.07) is 21.1. The first-order valence-electron chi connectivity index (χ1n) is 8.43. The topological polar surface area (TPSA) is 20.3 Å². The van der Waals surface area contributed by atoms with E-state index in [2.05, 4.69) is 48.5 Å². The molecule has 1 amide bonds. The van der Waals surface area contributed by atoms with Crippen molar-refractivity contribution >= 4 is 40.7 Å². The van der Waals surface area contributed by atoms with Gasteiger partial charge in [-0.25, -0.2) is 0 Å². The minimum absolute atomic E-state index is 0.312. The molecule has 0 aromatic heterocycles. The van der Waals surface area contributed by atoms with Crippen molar-refractivity contribution in [1.82, 2.24) is 4.90 Å². The van der Waals surface area contributed by atoms with Crippen LogP contribution in [0.25, 0.3) is 0 Å². The lowest BCUT2D eigenvalue weighted by Crippen LogP contribution is -2.45. The summed E-state index contributed by atoms with van der Waals surface area (Å²) in [5, 5.41) is 0. The van der Waals surface area contributed by atoms with Crippen LogP contribution >= 0.6 is 34.8 Å². The standard InChI is InChI=1S/C20H20Cl3NO/c21-20(22,23)19(25)24-13-11-17(12-14-24)18(15-7-3-1-4-8-15)16-9-5-2-6-10-16/h1-10,17-18H,11-14H2. The summed E-state index contributed by atoms with van der Waals surface area (Å²) in [6.45, 7) is 1.24. The number of alkyl halides is 3. The summed E-state index contributed by atoms with van der Waals surface area (Å²) in [5.41, 5.74) is 2.61. The molecule has 0 N–H and O–H groups in total. The molecule has 2 aromatic carbocycles. The molecule has 0 radical (unpaired) electrons. The molecule has 1 aliphatic heterocycles. The minimum Gasteiger partial charge on any atom is -0.339 e. The summed E-state index contributed by atoms with van der Waals surface area (Å²) < 4.78 is -1.87. The van der Waals surface area contributed by atoms with Crippen LogP contribution in [0.15, 0.2) is 60.7 Å². The second-order valence-corrected chi connectivity index (χ2v) is 8.71. The Bertz CT molecular complexity index is 652. The van der Waals surface area contributed by atoms with E-state index in [4.69, 9.17) is 34.8 Å². The molecular formula is C20H20Cl3NO. The lowest BCUT2D eigenvalue weighted by molar-refractivity contribution is -0.131. The number of amides is 1. The van der Waals surface area contributed by atoms with E-state index in [0.29, 0.717) is 24.9 Å². The molecule has 2 nitrogen and oxygen atoms in total. The summed E-state index contributed by atoms with van der Waals surface area (Å²) in [7, 11) is 0. The molecule has 0 aliphatic carbocycles. The van der Waals surface area contributed by atoms with Gasteiger partial charge in [0, 0.05) is 19.0 Å². The van der Waals surface area contributed by atoms with Gasteiger partial charge in [-0.15, -0.1) is 0 Å². The Hall–Kier alpha value is -1.22. The molecule has 0 bridgehead atoms. The van der Waals surface area contributed by atoms with Crippen molar-refractivity contribution in [2.24, 2.45) is 5.92 Å². The summed E-state index contributed by atoms with van der Waals surface area (Å²) >= 11 is 17.2. The fraction of sp³-hybridized carbons (Fsp3) is 0.350. The lowest BCUT2D eigenvalue weighted by atomic mass is 9.76. The van der Waals surface area contributed by atoms with Gasteiger partial charge in [-0.2, -0.15) is 0 Å². The Morgan fingerprint density at radius 3 is 1.72 bits per heavy atom. The van der Waals surface area contributed by atoms with Crippen LogP contribution in [0.4, 0.5) is 0 Å². The quantitative estimate of drug-likeness (QED) is 0.634. The van der Waals surface area contributed by atoms with E-state index in [-0.39, 0.29) is 0 Å². The molecule has 5 heteroatoms. The smallest absolute Gasteiger partial charge is 0.274 e. The average molecular weight is 397 g/mol. The maximum absolute atomic E-state index is 12.2. The normalized spacial score (nSPS) is 16.2. The number of halogens is 3. The van der Waals surface area contributed by atoms with Crippen LogP contribution < -0.4 is 0 Å². The number of carbonyl (C=O) groups excluding carboxylic acids is 1. The molecule has 1 aliphatic rings. The molecule has 0 saturated carbocycles. The van der Waals surface area contributed by atoms with Gasteiger partial charge in [0.05, 0.1) is 0 Å². The molecule has 25 heavy (non-hydrogen) atoms. The molecular weight excluding hydrogens is 377 g/mol. The Morgan fingerprint density at radius 2 is 1.32 bits per heavy atom. The second kappa shape index (κ2) is 7.99. The molecule has 2 aromatic rings.